The third kappa shape index (κ3) is 5.39. The highest BCUT2D eigenvalue weighted by atomic mass is 19.1. The number of carboxylic acids is 1. The summed E-state index contributed by atoms with van der Waals surface area (Å²) < 4.78 is 33.1. The van der Waals surface area contributed by atoms with Crippen molar-refractivity contribution in [1.29, 1.82) is 0 Å². The smallest absolute Gasteiger partial charge is 0.339 e. The number of aromatic nitrogens is 1. The Morgan fingerprint density at radius 3 is 2.67 bits per heavy atom. The van der Waals surface area contributed by atoms with Crippen LogP contribution in [0.4, 0.5) is 15.9 Å². The lowest BCUT2D eigenvalue weighted by Crippen LogP contribution is -2.54. The molecule has 1 aromatic heterocycles. The molecule has 0 spiro atoms. The van der Waals surface area contributed by atoms with Gasteiger partial charge in [0.15, 0.2) is 23.2 Å². The van der Waals surface area contributed by atoms with Gasteiger partial charge >= 0.3 is 5.97 Å². The molecular weight excluding hydrogens is 553 g/mol. The van der Waals surface area contributed by atoms with Crippen molar-refractivity contribution in [2.75, 3.05) is 37.2 Å². The zero-order valence-electron chi connectivity index (χ0n) is 22.2. The number of aromatic carboxylic acids is 1. The predicted octanol–water partition coefficient (Wildman–Crippen LogP) is 2.29. The second kappa shape index (κ2) is 11.9. The topological polar surface area (TPSA) is 193 Å². The highest BCUT2D eigenvalue weighted by Gasteiger charge is 2.35. The quantitative estimate of drug-likeness (QED) is 0.114. The summed E-state index contributed by atoms with van der Waals surface area (Å²) in [5.74, 6) is -2.65. The number of aliphatic imine (C=N–C) groups is 1. The fourth-order valence-corrected chi connectivity index (χ4v) is 4.41. The molecule has 15 heteroatoms. The molecule has 1 atom stereocenters. The van der Waals surface area contributed by atoms with E-state index >= 15 is 4.39 Å². The molecule has 0 saturated carbocycles. The predicted molar refractivity (Wildman–Crippen MR) is 148 cm³/mol. The minimum Gasteiger partial charge on any atom is -0.493 e. The second-order valence-corrected chi connectivity index (χ2v) is 9.05. The van der Waals surface area contributed by atoms with Gasteiger partial charge in [-0.2, -0.15) is 0 Å². The van der Waals surface area contributed by atoms with Gasteiger partial charge in [0.1, 0.15) is 24.0 Å². The molecule has 1 amide bonds. The van der Waals surface area contributed by atoms with Gasteiger partial charge in [-0.25, -0.2) is 19.2 Å². The van der Waals surface area contributed by atoms with E-state index in [9.17, 15) is 14.7 Å². The van der Waals surface area contributed by atoms with Crippen molar-refractivity contribution < 1.29 is 38.5 Å². The first-order valence-corrected chi connectivity index (χ1v) is 12.6. The molecule has 0 aliphatic carbocycles. The fourth-order valence-electron chi connectivity index (χ4n) is 4.41. The van der Waals surface area contributed by atoms with Gasteiger partial charge in [0, 0.05) is 29.4 Å². The number of nitrogens with two attached hydrogens (primary N) is 1. The van der Waals surface area contributed by atoms with Crippen LogP contribution < -0.4 is 35.7 Å². The van der Waals surface area contributed by atoms with Crippen LogP contribution in [0.5, 0.6) is 17.2 Å². The number of methoxy groups -OCH3 is 1. The minimum absolute atomic E-state index is 0.0247. The SMILES string of the molecule is COc1cc(C(Nc2ccc(/C(N)=N/O)cc2)C2=NCC(=O)N(c3ncccc3C(=O)O)N2)c(F)c2c1OCCCO2. The maximum atomic E-state index is 16.2. The number of ether oxygens (including phenoxy) is 3. The summed E-state index contributed by atoms with van der Waals surface area (Å²) in [6, 6.07) is 9.46. The number of halogens is 1. The van der Waals surface area contributed by atoms with E-state index < -0.39 is 23.7 Å². The molecule has 6 N–H and O–H groups in total. The lowest BCUT2D eigenvalue weighted by atomic mass is 10.0. The van der Waals surface area contributed by atoms with Crippen molar-refractivity contribution in [2.24, 2.45) is 15.9 Å². The molecule has 0 bridgehead atoms. The van der Waals surface area contributed by atoms with Crippen LogP contribution >= 0.6 is 0 Å². The lowest BCUT2D eigenvalue weighted by Gasteiger charge is -2.32. The van der Waals surface area contributed by atoms with E-state index in [0.29, 0.717) is 24.3 Å². The molecule has 14 nitrogen and oxygen atoms in total. The number of hydrogen-bond donors (Lipinski definition) is 5. The first kappa shape index (κ1) is 27.9. The van der Waals surface area contributed by atoms with E-state index in [0.717, 1.165) is 5.01 Å². The van der Waals surface area contributed by atoms with Gasteiger partial charge in [-0.3, -0.25) is 15.2 Å². The number of hydrazine groups is 1. The lowest BCUT2D eigenvalue weighted by molar-refractivity contribution is -0.118. The number of nitrogens with one attached hydrogen (secondary N) is 2. The molecule has 0 saturated heterocycles. The summed E-state index contributed by atoms with van der Waals surface area (Å²) in [5.41, 5.74) is 9.20. The standard InChI is InChI=1S/C27H26FN7O7/c1-40-18-12-17(20(28)23-22(18)41-10-3-11-42-23)21(32-15-7-5-14(6-8-15)24(29)34-39)25-31-13-19(36)35(33-25)26-16(27(37)38)4-2-9-30-26/h2,4-9,12,21,32,39H,3,10-11,13H2,1H3,(H2,29,34)(H,31,33)(H,37,38). The number of amides is 1. The number of anilines is 2. The number of rotatable bonds is 8. The number of carbonyl (C=O) groups excluding carboxylic acids is 1. The molecule has 2 aliphatic rings. The minimum atomic E-state index is -1.30. The number of oxime groups is 1. The number of fused-ring (bicyclic) bond motifs is 1. The third-order valence-corrected chi connectivity index (χ3v) is 6.44. The van der Waals surface area contributed by atoms with Gasteiger partial charge in [0.2, 0.25) is 11.5 Å². The van der Waals surface area contributed by atoms with Crippen LogP contribution in [-0.2, 0) is 4.79 Å². The summed E-state index contributed by atoms with van der Waals surface area (Å²) in [4.78, 5) is 33.2. The Labute approximate surface area is 238 Å². The number of carboxylic acid groups (broad SMARTS) is 1. The van der Waals surface area contributed by atoms with Gasteiger partial charge in [0.25, 0.3) is 5.91 Å². The highest BCUT2D eigenvalue weighted by molar-refractivity contribution is 6.07. The van der Waals surface area contributed by atoms with Crippen molar-refractivity contribution in [3.05, 3.63) is 71.2 Å². The zero-order chi connectivity index (χ0) is 29.8. The molecule has 1 unspecified atom stereocenters. The average Bonchev–Trinajstić information content (AvgIpc) is 3.27. The average molecular weight is 580 g/mol. The summed E-state index contributed by atoms with van der Waals surface area (Å²) >= 11 is 0. The number of pyridine rings is 1. The zero-order valence-corrected chi connectivity index (χ0v) is 22.2. The number of hydrogen-bond acceptors (Lipinski definition) is 11. The molecule has 218 valence electrons. The van der Waals surface area contributed by atoms with Crippen LogP contribution in [0, 0.1) is 5.82 Å². The monoisotopic (exact) mass is 579 g/mol. The number of nitrogens with zero attached hydrogens (tertiary/aromatic N) is 4. The number of amidine groups is 2. The van der Waals surface area contributed by atoms with Crippen molar-refractivity contribution in [3.63, 3.8) is 0 Å². The Morgan fingerprint density at radius 2 is 1.98 bits per heavy atom. The highest BCUT2D eigenvalue weighted by Crippen LogP contribution is 2.44. The van der Waals surface area contributed by atoms with E-state index in [1.807, 2.05) is 0 Å². The Hall–Kier alpha value is -5.60. The first-order chi connectivity index (χ1) is 20.3. The third-order valence-electron chi connectivity index (χ3n) is 6.44. The molecule has 0 radical (unpaired) electrons. The van der Waals surface area contributed by atoms with Crippen molar-refractivity contribution >= 4 is 35.1 Å². The van der Waals surface area contributed by atoms with E-state index in [-0.39, 0.29) is 59.0 Å². The van der Waals surface area contributed by atoms with Crippen LogP contribution in [0.1, 0.15) is 33.9 Å². The van der Waals surface area contributed by atoms with Gasteiger partial charge < -0.3 is 35.6 Å². The molecule has 3 aromatic rings. The largest absolute Gasteiger partial charge is 0.493 e. The molecule has 3 heterocycles. The summed E-state index contributed by atoms with van der Waals surface area (Å²) in [5, 5.41) is 25.8. The molecule has 0 fully saturated rings. The first-order valence-electron chi connectivity index (χ1n) is 12.6. The second-order valence-electron chi connectivity index (χ2n) is 9.05. The normalized spacial score (nSPS) is 15.7. The van der Waals surface area contributed by atoms with Crippen LogP contribution in [-0.4, -0.2) is 65.7 Å². The molecule has 42 heavy (non-hydrogen) atoms. The molecule has 2 aromatic carbocycles. The fraction of sp³-hybridized carbons (Fsp3) is 0.222. The van der Waals surface area contributed by atoms with E-state index in [4.69, 9.17) is 25.2 Å². The Kier molecular flexibility index (Phi) is 7.90. The van der Waals surface area contributed by atoms with Gasteiger partial charge in [0.05, 0.1) is 20.3 Å². The van der Waals surface area contributed by atoms with Crippen molar-refractivity contribution in [3.8, 4) is 17.2 Å². The maximum absolute atomic E-state index is 16.2. The van der Waals surface area contributed by atoms with Crippen LogP contribution in [0.25, 0.3) is 0 Å². The van der Waals surface area contributed by atoms with E-state index in [1.165, 1.54) is 31.5 Å². The van der Waals surface area contributed by atoms with Gasteiger partial charge in [-0.05, 0) is 42.5 Å². The maximum Gasteiger partial charge on any atom is 0.339 e. The van der Waals surface area contributed by atoms with Crippen LogP contribution in [0.3, 0.4) is 0 Å². The van der Waals surface area contributed by atoms with Gasteiger partial charge in [-0.1, -0.05) is 5.16 Å². The Morgan fingerprint density at radius 1 is 1.24 bits per heavy atom. The molecular formula is C27H26FN7O7. The number of carbonyl (C=O) groups is 2. The molecule has 2 aliphatic heterocycles. The Balaban J connectivity index is 1.61. The summed E-state index contributed by atoms with van der Waals surface area (Å²) in [6.45, 7) is 0.128. The van der Waals surface area contributed by atoms with E-state index in [2.05, 4.69) is 25.9 Å². The summed E-state index contributed by atoms with van der Waals surface area (Å²) in [7, 11) is 1.41. The van der Waals surface area contributed by atoms with Crippen LogP contribution in [0.2, 0.25) is 0 Å². The van der Waals surface area contributed by atoms with E-state index in [1.54, 1.807) is 24.3 Å². The summed E-state index contributed by atoms with van der Waals surface area (Å²) in [6.07, 6.45) is 1.87. The van der Waals surface area contributed by atoms with Crippen molar-refractivity contribution in [1.82, 2.24) is 10.4 Å². The van der Waals surface area contributed by atoms with Crippen molar-refractivity contribution in [2.45, 2.75) is 12.5 Å². The van der Waals surface area contributed by atoms with Gasteiger partial charge in [-0.15, -0.1) is 0 Å². The Bertz CT molecular complexity index is 1580. The van der Waals surface area contributed by atoms with Crippen LogP contribution in [0.15, 0.2) is 58.8 Å². The molecule has 5 rings (SSSR count). The number of benzene rings is 2.